The molecule has 0 bridgehead atoms. The standard InChI is InChI=1S/C19H22N4O2/c1-19(2,3)10-17(25)21-18-20-16-8-7-15(11-23(16)22-18)14-6-4-5-13(9-14)12-24/h4-9,11,24H,10,12H2,1-3H3,(H,21,22,25). The van der Waals surface area contributed by atoms with Crippen LogP contribution in [0.3, 0.4) is 0 Å². The highest BCUT2D eigenvalue weighted by molar-refractivity contribution is 5.89. The number of fused-ring (bicyclic) bond motifs is 1. The third-order valence-corrected chi connectivity index (χ3v) is 3.72. The first-order valence-electron chi connectivity index (χ1n) is 8.20. The smallest absolute Gasteiger partial charge is 0.249 e. The van der Waals surface area contributed by atoms with E-state index >= 15 is 0 Å². The van der Waals surface area contributed by atoms with Gasteiger partial charge in [0.25, 0.3) is 0 Å². The zero-order chi connectivity index (χ0) is 18.0. The van der Waals surface area contributed by atoms with Gasteiger partial charge in [0.2, 0.25) is 11.9 Å². The van der Waals surface area contributed by atoms with Crippen LogP contribution in [0.4, 0.5) is 5.95 Å². The van der Waals surface area contributed by atoms with Crippen molar-refractivity contribution in [2.75, 3.05) is 5.32 Å². The maximum Gasteiger partial charge on any atom is 0.249 e. The van der Waals surface area contributed by atoms with Crippen LogP contribution in [0.15, 0.2) is 42.6 Å². The van der Waals surface area contributed by atoms with E-state index in [1.807, 2.05) is 63.4 Å². The number of carbonyl (C=O) groups excluding carboxylic acids is 1. The summed E-state index contributed by atoms with van der Waals surface area (Å²) < 4.78 is 1.65. The van der Waals surface area contributed by atoms with E-state index in [9.17, 15) is 9.90 Å². The number of nitrogens with zero attached hydrogens (tertiary/aromatic N) is 3. The van der Waals surface area contributed by atoms with E-state index in [4.69, 9.17) is 0 Å². The molecule has 0 saturated heterocycles. The average Bonchev–Trinajstić information content (AvgIpc) is 2.94. The van der Waals surface area contributed by atoms with Crippen LogP contribution in [0.25, 0.3) is 16.8 Å². The molecule has 0 fully saturated rings. The number of anilines is 1. The van der Waals surface area contributed by atoms with Crippen molar-refractivity contribution in [1.29, 1.82) is 0 Å². The zero-order valence-corrected chi connectivity index (χ0v) is 14.7. The zero-order valence-electron chi connectivity index (χ0n) is 14.7. The second-order valence-electron chi connectivity index (χ2n) is 7.30. The van der Waals surface area contributed by atoms with Gasteiger partial charge in [-0.25, -0.2) is 4.52 Å². The van der Waals surface area contributed by atoms with Crippen LogP contribution in [-0.4, -0.2) is 25.6 Å². The molecule has 2 N–H and O–H groups in total. The molecule has 0 aliphatic heterocycles. The van der Waals surface area contributed by atoms with Gasteiger partial charge in [-0.2, -0.15) is 4.98 Å². The van der Waals surface area contributed by atoms with Gasteiger partial charge >= 0.3 is 0 Å². The quantitative estimate of drug-likeness (QED) is 0.765. The largest absolute Gasteiger partial charge is 0.392 e. The van der Waals surface area contributed by atoms with E-state index in [1.165, 1.54) is 0 Å². The van der Waals surface area contributed by atoms with Crippen molar-refractivity contribution in [2.45, 2.75) is 33.8 Å². The highest BCUT2D eigenvalue weighted by Gasteiger charge is 2.17. The SMILES string of the molecule is CC(C)(C)CC(=O)Nc1nc2ccc(-c3cccc(CO)c3)cn2n1. The van der Waals surface area contributed by atoms with Crippen LogP contribution in [0.5, 0.6) is 0 Å². The van der Waals surface area contributed by atoms with Gasteiger partial charge in [-0.3, -0.25) is 10.1 Å². The molecule has 3 aromatic rings. The van der Waals surface area contributed by atoms with Crippen molar-refractivity contribution in [3.63, 3.8) is 0 Å². The molecule has 0 spiro atoms. The molecule has 130 valence electrons. The first-order valence-corrected chi connectivity index (χ1v) is 8.20. The summed E-state index contributed by atoms with van der Waals surface area (Å²) in [5, 5.41) is 16.4. The van der Waals surface area contributed by atoms with E-state index in [2.05, 4.69) is 15.4 Å². The van der Waals surface area contributed by atoms with Crippen LogP contribution in [0, 0.1) is 5.41 Å². The Labute approximate surface area is 146 Å². The topological polar surface area (TPSA) is 79.5 Å². The minimum atomic E-state index is -0.0979. The third kappa shape index (κ3) is 4.22. The van der Waals surface area contributed by atoms with Gasteiger partial charge in [-0.15, -0.1) is 5.10 Å². The van der Waals surface area contributed by atoms with Gasteiger partial charge in [0.15, 0.2) is 5.65 Å². The summed E-state index contributed by atoms with van der Waals surface area (Å²) in [7, 11) is 0. The number of rotatable bonds is 4. The first kappa shape index (κ1) is 17.1. The van der Waals surface area contributed by atoms with Crippen molar-refractivity contribution in [2.24, 2.45) is 5.41 Å². The number of carbonyl (C=O) groups is 1. The fourth-order valence-corrected chi connectivity index (χ4v) is 2.61. The molecule has 3 rings (SSSR count). The Morgan fingerprint density at radius 3 is 2.72 bits per heavy atom. The van der Waals surface area contributed by atoms with E-state index in [0.29, 0.717) is 18.0 Å². The Hall–Kier alpha value is -2.73. The summed E-state index contributed by atoms with van der Waals surface area (Å²) >= 11 is 0. The molecule has 0 aliphatic carbocycles. The Bertz CT molecular complexity index is 909. The summed E-state index contributed by atoms with van der Waals surface area (Å²) in [4.78, 5) is 16.4. The van der Waals surface area contributed by atoms with Gasteiger partial charge in [0.05, 0.1) is 6.61 Å². The number of amides is 1. The predicted molar refractivity (Wildman–Crippen MR) is 97.0 cm³/mol. The second kappa shape index (κ2) is 6.64. The molecule has 0 unspecified atom stereocenters. The van der Waals surface area contributed by atoms with Crippen LogP contribution in [0.1, 0.15) is 32.8 Å². The molecule has 0 radical (unpaired) electrons. The van der Waals surface area contributed by atoms with Crippen molar-refractivity contribution in [3.8, 4) is 11.1 Å². The van der Waals surface area contributed by atoms with Gasteiger partial charge in [0, 0.05) is 18.2 Å². The normalized spacial score (nSPS) is 11.7. The van der Waals surface area contributed by atoms with E-state index in [-0.39, 0.29) is 17.9 Å². The van der Waals surface area contributed by atoms with E-state index in [1.54, 1.807) is 4.52 Å². The number of aliphatic hydroxyl groups excluding tert-OH is 1. The highest BCUT2D eigenvalue weighted by atomic mass is 16.3. The number of hydrogen-bond acceptors (Lipinski definition) is 4. The molecule has 25 heavy (non-hydrogen) atoms. The average molecular weight is 338 g/mol. The maximum absolute atomic E-state index is 12.0. The van der Waals surface area contributed by atoms with Crippen LogP contribution < -0.4 is 5.32 Å². The summed E-state index contributed by atoms with van der Waals surface area (Å²) in [6, 6.07) is 11.5. The predicted octanol–water partition coefficient (Wildman–Crippen LogP) is 3.26. The van der Waals surface area contributed by atoms with Crippen LogP contribution >= 0.6 is 0 Å². The van der Waals surface area contributed by atoms with Gasteiger partial charge in [-0.05, 0) is 34.7 Å². The van der Waals surface area contributed by atoms with Crippen LogP contribution in [0.2, 0.25) is 0 Å². The Morgan fingerprint density at radius 2 is 2.00 bits per heavy atom. The Kier molecular flexibility index (Phi) is 4.55. The first-order chi connectivity index (χ1) is 11.8. The summed E-state index contributed by atoms with van der Waals surface area (Å²) in [6.45, 7) is 6.03. The molecule has 1 aromatic carbocycles. The molecule has 0 atom stereocenters. The van der Waals surface area contributed by atoms with Crippen molar-refractivity contribution < 1.29 is 9.90 Å². The second-order valence-corrected chi connectivity index (χ2v) is 7.30. The number of aromatic nitrogens is 3. The monoisotopic (exact) mass is 338 g/mol. The molecule has 2 aromatic heterocycles. The fourth-order valence-electron chi connectivity index (χ4n) is 2.61. The summed E-state index contributed by atoms with van der Waals surface area (Å²) in [5.41, 5.74) is 3.37. The molecule has 6 heteroatoms. The Morgan fingerprint density at radius 1 is 1.20 bits per heavy atom. The number of nitrogens with one attached hydrogen (secondary N) is 1. The molecular weight excluding hydrogens is 316 g/mol. The fraction of sp³-hybridized carbons (Fsp3) is 0.316. The number of benzene rings is 1. The van der Waals surface area contributed by atoms with Gasteiger partial charge in [0.1, 0.15) is 0 Å². The third-order valence-electron chi connectivity index (χ3n) is 3.72. The van der Waals surface area contributed by atoms with Gasteiger partial charge in [-0.1, -0.05) is 39.0 Å². The van der Waals surface area contributed by atoms with Crippen LogP contribution in [-0.2, 0) is 11.4 Å². The number of pyridine rings is 1. The van der Waals surface area contributed by atoms with Crippen molar-refractivity contribution in [1.82, 2.24) is 14.6 Å². The van der Waals surface area contributed by atoms with E-state index < -0.39 is 0 Å². The maximum atomic E-state index is 12.0. The Balaban J connectivity index is 1.85. The lowest BCUT2D eigenvalue weighted by Gasteiger charge is -2.16. The molecule has 2 heterocycles. The molecule has 0 saturated carbocycles. The minimum Gasteiger partial charge on any atom is -0.392 e. The molecule has 6 nitrogen and oxygen atoms in total. The van der Waals surface area contributed by atoms with Crippen molar-refractivity contribution in [3.05, 3.63) is 48.2 Å². The van der Waals surface area contributed by atoms with Crippen molar-refractivity contribution >= 4 is 17.5 Å². The summed E-state index contributed by atoms with van der Waals surface area (Å²) in [6.07, 6.45) is 2.26. The lowest BCUT2D eigenvalue weighted by atomic mass is 9.92. The summed E-state index contributed by atoms with van der Waals surface area (Å²) in [5.74, 6) is 0.204. The molecule has 1 amide bonds. The molecule has 0 aliphatic rings. The number of aliphatic hydroxyl groups is 1. The van der Waals surface area contributed by atoms with E-state index in [0.717, 1.165) is 16.7 Å². The molecular formula is C19H22N4O2. The lowest BCUT2D eigenvalue weighted by molar-refractivity contribution is -0.117. The number of hydrogen-bond donors (Lipinski definition) is 2. The highest BCUT2D eigenvalue weighted by Crippen LogP contribution is 2.22. The van der Waals surface area contributed by atoms with Gasteiger partial charge < -0.3 is 5.11 Å². The minimum absolute atomic E-state index is 0.00334. The lowest BCUT2D eigenvalue weighted by Crippen LogP contribution is -2.20.